The molecule has 1 aromatic rings. The van der Waals surface area contributed by atoms with Crippen LogP contribution >= 0.6 is 0 Å². The van der Waals surface area contributed by atoms with Gasteiger partial charge in [0.1, 0.15) is 11.3 Å². The molecule has 5 heteroatoms. The first-order valence-corrected chi connectivity index (χ1v) is 6.34. The molecule has 0 aliphatic rings. The standard InChI is InChI=1S/C13H25N3O2/c1-6-7-16-11(10(18-5)8-15-16)13(17,9-14)12(2,3)4/h8,17H,6-7,9,14H2,1-5H3. The van der Waals surface area contributed by atoms with Crippen LogP contribution < -0.4 is 10.5 Å². The summed E-state index contributed by atoms with van der Waals surface area (Å²) >= 11 is 0. The summed E-state index contributed by atoms with van der Waals surface area (Å²) in [7, 11) is 1.58. The molecule has 0 bridgehead atoms. The van der Waals surface area contributed by atoms with E-state index in [0.29, 0.717) is 11.4 Å². The van der Waals surface area contributed by atoms with E-state index in [1.165, 1.54) is 0 Å². The summed E-state index contributed by atoms with van der Waals surface area (Å²) < 4.78 is 7.11. The Bertz CT molecular complexity index is 395. The number of ether oxygens (including phenoxy) is 1. The van der Waals surface area contributed by atoms with E-state index in [1.54, 1.807) is 18.0 Å². The molecule has 0 fully saturated rings. The molecule has 0 saturated carbocycles. The van der Waals surface area contributed by atoms with E-state index in [2.05, 4.69) is 12.0 Å². The highest BCUT2D eigenvalue weighted by molar-refractivity contribution is 5.33. The molecule has 0 aliphatic heterocycles. The van der Waals surface area contributed by atoms with Crippen LogP contribution in [0.5, 0.6) is 5.75 Å². The van der Waals surface area contributed by atoms with Crippen molar-refractivity contribution in [2.24, 2.45) is 11.1 Å². The van der Waals surface area contributed by atoms with Gasteiger partial charge in [-0.2, -0.15) is 5.10 Å². The quantitative estimate of drug-likeness (QED) is 0.836. The Balaban J connectivity index is 3.39. The number of nitrogens with zero attached hydrogens (tertiary/aromatic N) is 2. The zero-order valence-corrected chi connectivity index (χ0v) is 12.0. The fraction of sp³-hybridized carbons (Fsp3) is 0.769. The first kappa shape index (κ1) is 15.0. The maximum Gasteiger partial charge on any atom is 0.163 e. The second kappa shape index (κ2) is 5.28. The SMILES string of the molecule is CCCn1ncc(OC)c1C(O)(CN)C(C)(C)C. The van der Waals surface area contributed by atoms with Gasteiger partial charge < -0.3 is 15.6 Å². The Morgan fingerprint density at radius 1 is 1.44 bits per heavy atom. The molecular formula is C13H25N3O2. The van der Waals surface area contributed by atoms with Crippen LogP contribution in [-0.2, 0) is 12.1 Å². The fourth-order valence-electron chi connectivity index (χ4n) is 2.07. The van der Waals surface area contributed by atoms with Gasteiger partial charge >= 0.3 is 0 Å². The summed E-state index contributed by atoms with van der Waals surface area (Å²) in [6.45, 7) is 8.81. The highest BCUT2D eigenvalue weighted by Gasteiger charge is 2.45. The Labute approximate surface area is 109 Å². The number of hydrogen-bond donors (Lipinski definition) is 2. The van der Waals surface area contributed by atoms with Gasteiger partial charge in [0.25, 0.3) is 0 Å². The first-order valence-electron chi connectivity index (χ1n) is 6.34. The fourth-order valence-corrected chi connectivity index (χ4v) is 2.07. The molecule has 0 radical (unpaired) electrons. The average molecular weight is 255 g/mol. The summed E-state index contributed by atoms with van der Waals surface area (Å²) in [4.78, 5) is 0. The molecule has 1 aromatic heterocycles. The lowest BCUT2D eigenvalue weighted by molar-refractivity contribution is -0.0642. The molecular weight excluding hydrogens is 230 g/mol. The maximum absolute atomic E-state index is 11.0. The minimum atomic E-state index is -1.16. The van der Waals surface area contributed by atoms with Crippen molar-refractivity contribution in [1.29, 1.82) is 0 Å². The van der Waals surface area contributed by atoms with Crippen LogP contribution in [0.25, 0.3) is 0 Å². The minimum absolute atomic E-state index is 0.127. The van der Waals surface area contributed by atoms with Crippen molar-refractivity contribution >= 4 is 0 Å². The monoisotopic (exact) mass is 255 g/mol. The van der Waals surface area contributed by atoms with Crippen LogP contribution in [-0.4, -0.2) is 28.5 Å². The van der Waals surface area contributed by atoms with Crippen LogP contribution in [0.15, 0.2) is 6.20 Å². The molecule has 5 nitrogen and oxygen atoms in total. The predicted octanol–water partition coefficient (Wildman–Crippen LogP) is 1.49. The molecule has 104 valence electrons. The van der Waals surface area contributed by atoms with Gasteiger partial charge in [-0.15, -0.1) is 0 Å². The summed E-state index contributed by atoms with van der Waals surface area (Å²) in [5.74, 6) is 0.589. The van der Waals surface area contributed by atoms with Crippen molar-refractivity contribution in [2.75, 3.05) is 13.7 Å². The average Bonchev–Trinajstić information content (AvgIpc) is 2.70. The summed E-state index contributed by atoms with van der Waals surface area (Å²) in [6, 6.07) is 0. The van der Waals surface area contributed by atoms with Gasteiger partial charge in [0.2, 0.25) is 0 Å². The lowest BCUT2D eigenvalue weighted by Gasteiger charge is -2.39. The van der Waals surface area contributed by atoms with Crippen molar-refractivity contribution in [3.63, 3.8) is 0 Å². The van der Waals surface area contributed by atoms with E-state index >= 15 is 0 Å². The zero-order chi connectivity index (χ0) is 14.0. The van der Waals surface area contributed by atoms with Crippen molar-refractivity contribution in [1.82, 2.24) is 9.78 Å². The van der Waals surface area contributed by atoms with Crippen molar-refractivity contribution in [3.8, 4) is 5.75 Å². The number of nitrogens with two attached hydrogens (primary N) is 1. The normalized spacial score (nSPS) is 15.5. The van der Waals surface area contributed by atoms with Crippen LogP contribution in [0, 0.1) is 5.41 Å². The second-order valence-corrected chi connectivity index (χ2v) is 5.60. The highest BCUT2D eigenvalue weighted by Crippen LogP contribution is 2.42. The smallest absolute Gasteiger partial charge is 0.163 e. The molecule has 0 aromatic carbocycles. The third-order valence-electron chi connectivity index (χ3n) is 3.39. The van der Waals surface area contributed by atoms with Gasteiger partial charge in [0.15, 0.2) is 5.75 Å². The third-order valence-corrected chi connectivity index (χ3v) is 3.39. The Hall–Kier alpha value is -1.07. The van der Waals surface area contributed by atoms with E-state index in [0.717, 1.165) is 13.0 Å². The van der Waals surface area contributed by atoms with Crippen LogP contribution in [0.3, 0.4) is 0 Å². The Morgan fingerprint density at radius 2 is 2.06 bits per heavy atom. The number of rotatable bonds is 5. The highest BCUT2D eigenvalue weighted by atomic mass is 16.5. The van der Waals surface area contributed by atoms with E-state index < -0.39 is 11.0 Å². The second-order valence-electron chi connectivity index (χ2n) is 5.60. The van der Waals surface area contributed by atoms with Crippen molar-refractivity contribution < 1.29 is 9.84 Å². The predicted molar refractivity (Wildman–Crippen MR) is 71.5 cm³/mol. The largest absolute Gasteiger partial charge is 0.493 e. The number of aliphatic hydroxyl groups is 1. The summed E-state index contributed by atoms with van der Waals surface area (Å²) in [5, 5.41) is 15.3. The summed E-state index contributed by atoms with van der Waals surface area (Å²) in [6.07, 6.45) is 2.57. The molecule has 1 heterocycles. The summed E-state index contributed by atoms with van der Waals surface area (Å²) in [5.41, 5.74) is 4.93. The topological polar surface area (TPSA) is 73.3 Å². The van der Waals surface area contributed by atoms with Crippen LogP contribution in [0.2, 0.25) is 0 Å². The number of aryl methyl sites for hydroxylation is 1. The molecule has 1 unspecified atom stereocenters. The number of aromatic nitrogens is 2. The molecule has 18 heavy (non-hydrogen) atoms. The van der Waals surface area contributed by atoms with E-state index in [4.69, 9.17) is 10.5 Å². The van der Waals surface area contributed by atoms with Gasteiger partial charge in [0, 0.05) is 13.1 Å². The van der Waals surface area contributed by atoms with Crippen molar-refractivity contribution in [2.45, 2.75) is 46.3 Å². The third kappa shape index (κ3) is 2.37. The molecule has 0 amide bonds. The van der Waals surface area contributed by atoms with Gasteiger partial charge in [-0.05, 0) is 11.8 Å². The molecule has 0 saturated heterocycles. The Kier molecular flexibility index (Phi) is 4.40. The van der Waals surface area contributed by atoms with Crippen LogP contribution in [0.4, 0.5) is 0 Å². The van der Waals surface area contributed by atoms with E-state index in [1.807, 2.05) is 20.8 Å². The van der Waals surface area contributed by atoms with Crippen LogP contribution in [0.1, 0.15) is 39.8 Å². The molecule has 1 atom stereocenters. The van der Waals surface area contributed by atoms with Crippen molar-refractivity contribution in [3.05, 3.63) is 11.9 Å². The first-order chi connectivity index (χ1) is 8.31. The number of hydrogen-bond acceptors (Lipinski definition) is 4. The molecule has 3 N–H and O–H groups in total. The van der Waals surface area contributed by atoms with Gasteiger partial charge in [-0.1, -0.05) is 27.7 Å². The van der Waals surface area contributed by atoms with Gasteiger partial charge in [-0.25, -0.2) is 0 Å². The maximum atomic E-state index is 11.0. The van der Waals surface area contributed by atoms with Gasteiger partial charge in [0.05, 0.1) is 13.3 Å². The lowest BCUT2D eigenvalue weighted by Crippen LogP contribution is -2.48. The zero-order valence-electron chi connectivity index (χ0n) is 12.0. The molecule has 1 rings (SSSR count). The lowest BCUT2D eigenvalue weighted by atomic mass is 9.74. The van der Waals surface area contributed by atoms with E-state index in [9.17, 15) is 5.11 Å². The Morgan fingerprint density at radius 3 is 2.44 bits per heavy atom. The number of methoxy groups -OCH3 is 1. The molecule has 0 spiro atoms. The minimum Gasteiger partial charge on any atom is -0.493 e. The van der Waals surface area contributed by atoms with Gasteiger partial charge in [-0.3, -0.25) is 4.68 Å². The van der Waals surface area contributed by atoms with E-state index in [-0.39, 0.29) is 6.54 Å². The molecule has 0 aliphatic carbocycles.